The third kappa shape index (κ3) is 3.84. The molecule has 30 heavy (non-hydrogen) atoms. The first-order valence-electron chi connectivity index (χ1n) is 9.54. The summed E-state index contributed by atoms with van der Waals surface area (Å²) >= 11 is 6.19. The Kier molecular flexibility index (Phi) is 5.63. The number of pyridine rings is 1. The second-order valence-corrected chi connectivity index (χ2v) is 7.46. The first-order valence-corrected chi connectivity index (χ1v) is 9.92. The Bertz CT molecular complexity index is 1110. The van der Waals surface area contributed by atoms with Crippen molar-refractivity contribution >= 4 is 29.1 Å². The number of nitrogens with zero attached hydrogens (tertiary/aromatic N) is 2. The Labute approximate surface area is 179 Å². The molecule has 5 nitrogen and oxygen atoms in total. The van der Waals surface area contributed by atoms with E-state index in [0.717, 1.165) is 5.56 Å². The van der Waals surface area contributed by atoms with Gasteiger partial charge < -0.3 is 10.0 Å². The first-order chi connectivity index (χ1) is 14.6. The predicted octanol–water partition coefficient (Wildman–Crippen LogP) is 4.40. The lowest BCUT2D eigenvalue weighted by Gasteiger charge is -2.25. The van der Waals surface area contributed by atoms with Gasteiger partial charge in [-0.1, -0.05) is 54.1 Å². The number of hydrogen-bond acceptors (Lipinski definition) is 4. The van der Waals surface area contributed by atoms with Crippen LogP contribution in [0.3, 0.4) is 0 Å². The molecule has 0 saturated carbocycles. The van der Waals surface area contributed by atoms with Gasteiger partial charge in [-0.3, -0.25) is 14.6 Å². The van der Waals surface area contributed by atoms with Crippen molar-refractivity contribution in [3.63, 3.8) is 0 Å². The number of aromatic nitrogens is 1. The zero-order valence-corrected chi connectivity index (χ0v) is 16.8. The number of ketones is 1. The van der Waals surface area contributed by atoms with Crippen LogP contribution in [0, 0.1) is 0 Å². The van der Waals surface area contributed by atoms with E-state index in [4.69, 9.17) is 11.6 Å². The molecule has 6 heteroatoms. The minimum atomic E-state index is -0.722. The van der Waals surface area contributed by atoms with Crippen LogP contribution in [0.1, 0.15) is 22.7 Å². The van der Waals surface area contributed by atoms with Gasteiger partial charge >= 0.3 is 0 Å². The summed E-state index contributed by atoms with van der Waals surface area (Å²) in [5.41, 5.74) is 2.21. The molecule has 0 bridgehead atoms. The van der Waals surface area contributed by atoms with E-state index in [9.17, 15) is 14.7 Å². The molecule has 1 amide bonds. The van der Waals surface area contributed by atoms with Gasteiger partial charge in [0, 0.05) is 29.5 Å². The Morgan fingerprint density at radius 3 is 2.43 bits per heavy atom. The fraction of sp³-hybridized carbons (Fsp3) is 0.125. The van der Waals surface area contributed by atoms with Crippen molar-refractivity contribution in [2.45, 2.75) is 12.5 Å². The average molecular weight is 419 g/mol. The summed E-state index contributed by atoms with van der Waals surface area (Å²) < 4.78 is 0. The fourth-order valence-electron chi connectivity index (χ4n) is 3.69. The highest BCUT2D eigenvalue weighted by molar-refractivity contribution is 6.46. The molecule has 1 aliphatic rings. The summed E-state index contributed by atoms with van der Waals surface area (Å²) in [4.78, 5) is 31.3. The van der Waals surface area contributed by atoms with E-state index >= 15 is 0 Å². The van der Waals surface area contributed by atoms with Gasteiger partial charge in [0.2, 0.25) is 0 Å². The van der Waals surface area contributed by atoms with E-state index < -0.39 is 17.7 Å². The van der Waals surface area contributed by atoms with Crippen molar-refractivity contribution in [2.75, 3.05) is 6.54 Å². The van der Waals surface area contributed by atoms with Crippen LogP contribution in [0.5, 0.6) is 0 Å². The number of aliphatic hydroxyl groups excluding tert-OH is 1. The van der Waals surface area contributed by atoms with Crippen molar-refractivity contribution in [3.8, 4) is 0 Å². The molecule has 1 atom stereocenters. The number of hydrogen-bond donors (Lipinski definition) is 1. The molecule has 0 spiro atoms. The molecule has 1 aromatic heterocycles. The van der Waals surface area contributed by atoms with Gasteiger partial charge in [0.05, 0.1) is 11.6 Å². The van der Waals surface area contributed by atoms with Crippen LogP contribution >= 0.6 is 11.6 Å². The van der Waals surface area contributed by atoms with Crippen LogP contribution < -0.4 is 0 Å². The summed E-state index contributed by atoms with van der Waals surface area (Å²) in [7, 11) is 0. The normalized spacial score (nSPS) is 18.0. The zero-order valence-electron chi connectivity index (χ0n) is 16.0. The quantitative estimate of drug-likeness (QED) is 0.379. The van der Waals surface area contributed by atoms with Gasteiger partial charge in [-0.15, -0.1) is 0 Å². The van der Waals surface area contributed by atoms with Crippen LogP contribution in [0.4, 0.5) is 0 Å². The number of amides is 1. The zero-order chi connectivity index (χ0) is 21.1. The van der Waals surface area contributed by atoms with Gasteiger partial charge in [-0.25, -0.2) is 0 Å². The number of benzene rings is 2. The van der Waals surface area contributed by atoms with E-state index in [1.807, 2.05) is 30.3 Å². The van der Waals surface area contributed by atoms with Gasteiger partial charge in [0.15, 0.2) is 0 Å². The molecular weight excluding hydrogens is 400 g/mol. The summed E-state index contributed by atoms with van der Waals surface area (Å²) in [6.07, 6.45) is 3.63. The molecule has 2 aromatic carbocycles. The van der Waals surface area contributed by atoms with E-state index in [1.165, 1.54) is 17.3 Å². The molecule has 1 fully saturated rings. The second kappa shape index (κ2) is 8.51. The number of carbonyl (C=O) groups excluding carboxylic acids is 2. The lowest BCUT2D eigenvalue weighted by atomic mass is 9.95. The average Bonchev–Trinajstić information content (AvgIpc) is 3.03. The second-order valence-electron chi connectivity index (χ2n) is 7.02. The lowest BCUT2D eigenvalue weighted by Crippen LogP contribution is -2.31. The largest absolute Gasteiger partial charge is 0.507 e. The Morgan fingerprint density at radius 2 is 1.73 bits per heavy atom. The highest BCUT2D eigenvalue weighted by Gasteiger charge is 2.45. The molecule has 0 radical (unpaired) electrons. The summed E-state index contributed by atoms with van der Waals surface area (Å²) in [5.74, 6) is -1.56. The number of aliphatic hydroxyl groups is 1. The van der Waals surface area contributed by atoms with Crippen molar-refractivity contribution < 1.29 is 14.7 Å². The Morgan fingerprint density at radius 1 is 1.00 bits per heavy atom. The number of rotatable bonds is 5. The first kappa shape index (κ1) is 19.9. The molecule has 1 aliphatic heterocycles. The smallest absolute Gasteiger partial charge is 0.295 e. The third-order valence-corrected chi connectivity index (χ3v) is 5.38. The van der Waals surface area contributed by atoms with Crippen molar-refractivity contribution in [3.05, 3.63) is 106 Å². The van der Waals surface area contributed by atoms with Crippen LogP contribution in [0.15, 0.2) is 84.7 Å². The number of Topliss-reactive ketones (excluding diaryl/α,β-unsaturated/α-hetero) is 1. The molecule has 1 N–H and O–H groups in total. The SMILES string of the molecule is O=C1C(=O)N(CCc2ccccc2)C(c2cccc(Cl)c2)/C1=C(\O)c1ccncc1. The molecular formula is C24H19ClN2O3. The molecule has 3 aromatic rings. The van der Waals surface area contributed by atoms with Crippen molar-refractivity contribution in [1.29, 1.82) is 0 Å². The van der Waals surface area contributed by atoms with E-state index in [0.29, 0.717) is 29.1 Å². The number of carbonyl (C=O) groups is 2. The van der Waals surface area contributed by atoms with Gasteiger partial charge in [-0.05, 0) is 41.8 Å². The summed E-state index contributed by atoms with van der Waals surface area (Å²) in [6.45, 7) is 0.332. The lowest BCUT2D eigenvalue weighted by molar-refractivity contribution is -0.139. The fourth-order valence-corrected chi connectivity index (χ4v) is 3.89. The van der Waals surface area contributed by atoms with E-state index in [2.05, 4.69) is 4.98 Å². The molecule has 4 rings (SSSR count). The molecule has 150 valence electrons. The Balaban J connectivity index is 1.79. The van der Waals surface area contributed by atoms with Crippen LogP contribution in [-0.4, -0.2) is 33.2 Å². The molecule has 1 unspecified atom stereocenters. The van der Waals surface area contributed by atoms with Crippen LogP contribution in [-0.2, 0) is 16.0 Å². The standard InChI is InChI=1S/C24H19ClN2O3/c25-19-8-4-7-18(15-19)21-20(22(28)17-9-12-26-13-10-17)23(29)24(30)27(21)14-11-16-5-2-1-3-6-16/h1-10,12-13,15,21,28H,11,14H2/b22-20+. The topological polar surface area (TPSA) is 70.5 Å². The number of likely N-dealkylation sites (tertiary alicyclic amines) is 1. The molecule has 0 aliphatic carbocycles. The Hall–Kier alpha value is -3.44. The minimum Gasteiger partial charge on any atom is -0.507 e. The third-order valence-electron chi connectivity index (χ3n) is 5.14. The highest BCUT2D eigenvalue weighted by Crippen LogP contribution is 2.39. The number of halogens is 1. The summed E-state index contributed by atoms with van der Waals surface area (Å²) in [6, 6.07) is 19.2. The maximum atomic E-state index is 13.0. The van der Waals surface area contributed by atoms with Crippen molar-refractivity contribution in [1.82, 2.24) is 9.88 Å². The summed E-state index contributed by atoms with van der Waals surface area (Å²) in [5, 5.41) is 11.4. The van der Waals surface area contributed by atoms with Gasteiger partial charge in [-0.2, -0.15) is 0 Å². The van der Waals surface area contributed by atoms with Crippen molar-refractivity contribution in [2.24, 2.45) is 0 Å². The van der Waals surface area contributed by atoms with Crippen LogP contribution in [0.25, 0.3) is 5.76 Å². The maximum Gasteiger partial charge on any atom is 0.295 e. The van der Waals surface area contributed by atoms with E-state index in [1.54, 1.807) is 36.4 Å². The van der Waals surface area contributed by atoms with E-state index in [-0.39, 0.29) is 11.3 Å². The predicted molar refractivity (Wildman–Crippen MR) is 115 cm³/mol. The van der Waals surface area contributed by atoms with Gasteiger partial charge in [0.1, 0.15) is 5.76 Å². The molecule has 1 saturated heterocycles. The highest BCUT2D eigenvalue weighted by atomic mass is 35.5. The minimum absolute atomic E-state index is 0.0570. The van der Waals surface area contributed by atoms with Crippen LogP contribution in [0.2, 0.25) is 5.02 Å². The molecule has 2 heterocycles. The monoisotopic (exact) mass is 418 g/mol. The maximum absolute atomic E-state index is 13.0. The van der Waals surface area contributed by atoms with Gasteiger partial charge in [0.25, 0.3) is 11.7 Å².